The van der Waals surface area contributed by atoms with Gasteiger partial charge in [-0.1, -0.05) is 170 Å². The van der Waals surface area contributed by atoms with Gasteiger partial charge in [0.2, 0.25) is 0 Å². The minimum Gasteiger partial charge on any atom is -0.294 e. The highest BCUT2D eigenvalue weighted by Crippen LogP contribution is 2.36. The van der Waals surface area contributed by atoms with Gasteiger partial charge in [0.05, 0.1) is 44.8 Å². The van der Waals surface area contributed by atoms with Crippen LogP contribution in [0, 0.1) is 0 Å². The van der Waals surface area contributed by atoms with E-state index in [1.54, 1.807) is 0 Å². The van der Waals surface area contributed by atoms with E-state index in [2.05, 4.69) is 167 Å². The van der Waals surface area contributed by atoms with Crippen LogP contribution in [0.1, 0.15) is 0 Å². The SMILES string of the molecule is c1ccc(-c2ccc(-c3nc(-c4ccccc4)nc(-c4cc(-c5cccc(-n6c7ccccc7c7ccccc76)n5)nc(-c5cccc(-n6c7ccccc7c7ccccc76)n5)c4)n3)cc2)cc1. The second-order valence-corrected chi connectivity index (χ2v) is 16.7. The molecule has 0 aliphatic rings. The lowest BCUT2D eigenvalue weighted by molar-refractivity contribution is 1.06. The van der Waals surface area contributed by atoms with E-state index in [9.17, 15) is 0 Å². The molecule has 0 bridgehead atoms. The minimum atomic E-state index is 0.503. The summed E-state index contributed by atoms with van der Waals surface area (Å²) in [4.78, 5) is 31.6. The summed E-state index contributed by atoms with van der Waals surface area (Å²) in [5, 5.41) is 4.67. The summed E-state index contributed by atoms with van der Waals surface area (Å²) in [6.45, 7) is 0. The number of para-hydroxylation sites is 4. The van der Waals surface area contributed by atoms with Gasteiger partial charge in [0.25, 0.3) is 0 Å². The molecular weight excluding hydrogens is 833 g/mol. The Hall–Kier alpha value is -9.40. The third-order valence-corrected chi connectivity index (χ3v) is 12.6. The average molecular weight is 871 g/mol. The predicted molar refractivity (Wildman–Crippen MR) is 275 cm³/mol. The molecular formula is C60H38N8. The van der Waals surface area contributed by atoms with Crippen molar-refractivity contribution in [2.75, 3.05) is 0 Å². The van der Waals surface area contributed by atoms with Crippen LogP contribution in [0.15, 0.2) is 231 Å². The van der Waals surface area contributed by atoms with E-state index in [-0.39, 0.29) is 0 Å². The number of aromatic nitrogens is 8. The van der Waals surface area contributed by atoms with E-state index in [1.165, 1.54) is 21.5 Å². The van der Waals surface area contributed by atoms with E-state index < -0.39 is 0 Å². The van der Waals surface area contributed by atoms with Crippen molar-refractivity contribution in [1.29, 1.82) is 0 Å². The molecule has 0 spiro atoms. The first kappa shape index (κ1) is 39.0. The first-order valence-electron chi connectivity index (χ1n) is 22.6. The van der Waals surface area contributed by atoms with Gasteiger partial charge in [-0.25, -0.2) is 29.9 Å². The average Bonchev–Trinajstić information content (AvgIpc) is 3.94. The lowest BCUT2D eigenvalue weighted by Crippen LogP contribution is -2.03. The molecule has 13 aromatic rings. The third-order valence-electron chi connectivity index (χ3n) is 12.6. The van der Waals surface area contributed by atoms with Crippen LogP contribution in [0.25, 0.3) is 123 Å². The lowest BCUT2D eigenvalue weighted by atomic mass is 10.0. The summed E-state index contributed by atoms with van der Waals surface area (Å²) in [6.07, 6.45) is 0. The zero-order valence-electron chi connectivity index (χ0n) is 36.5. The van der Waals surface area contributed by atoms with Crippen LogP contribution < -0.4 is 0 Å². The van der Waals surface area contributed by atoms with E-state index >= 15 is 0 Å². The molecule has 0 unspecified atom stereocenters. The zero-order chi connectivity index (χ0) is 45.0. The summed E-state index contributed by atoms with van der Waals surface area (Å²) in [5.41, 5.74) is 11.8. The normalized spacial score (nSPS) is 11.5. The van der Waals surface area contributed by atoms with Gasteiger partial charge in [-0.2, -0.15) is 0 Å². The van der Waals surface area contributed by atoms with E-state index in [4.69, 9.17) is 29.9 Å². The van der Waals surface area contributed by atoms with Gasteiger partial charge >= 0.3 is 0 Å². The van der Waals surface area contributed by atoms with Crippen LogP contribution in [-0.2, 0) is 0 Å². The maximum absolute atomic E-state index is 5.38. The summed E-state index contributed by atoms with van der Waals surface area (Å²) >= 11 is 0. The predicted octanol–water partition coefficient (Wildman–Crippen LogP) is 14.3. The Kier molecular flexibility index (Phi) is 9.31. The summed E-state index contributed by atoms with van der Waals surface area (Å²) < 4.78 is 4.45. The number of nitrogens with zero attached hydrogens (tertiary/aromatic N) is 8. The van der Waals surface area contributed by atoms with Crippen LogP contribution in [-0.4, -0.2) is 39.0 Å². The van der Waals surface area contributed by atoms with E-state index in [1.807, 2.05) is 72.8 Å². The number of hydrogen-bond acceptors (Lipinski definition) is 6. The van der Waals surface area contributed by atoms with E-state index in [0.29, 0.717) is 40.2 Å². The van der Waals surface area contributed by atoms with Crippen molar-refractivity contribution in [2.24, 2.45) is 0 Å². The van der Waals surface area contributed by atoms with Gasteiger partial charge in [0.15, 0.2) is 17.5 Å². The summed E-state index contributed by atoms with van der Waals surface area (Å²) in [6, 6.07) is 79.0. The molecule has 6 heterocycles. The van der Waals surface area contributed by atoms with Crippen LogP contribution in [0.5, 0.6) is 0 Å². The van der Waals surface area contributed by atoms with Gasteiger partial charge in [0, 0.05) is 38.2 Å². The molecule has 0 radical (unpaired) electrons. The number of hydrogen-bond donors (Lipinski definition) is 0. The molecule has 0 N–H and O–H groups in total. The molecule has 68 heavy (non-hydrogen) atoms. The Bertz CT molecular complexity index is 3740. The fraction of sp³-hybridized carbons (Fsp3) is 0. The van der Waals surface area contributed by atoms with Gasteiger partial charge < -0.3 is 0 Å². The molecule has 7 aromatic carbocycles. The highest BCUT2D eigenvalue weighted by Gasteiger charge is 2.20. The lowest BCUT2D eigenvalue weighted by Gasteiger charge is -2.13. The Balaban J connectivity index is 1.01. The Labute approximate surface area is 391 Å². The molecule has 0 saturated heterocycles. The van der Waals surface area contributed by atoms with Gasteiger partial charge in [0.1, 0.15) is 11.6 Å². The van der Waals surface area contributed by atoms with E-state index in [0.717, 1.165) is 61.5 Å². The van der Waals surface area contributed by atoms with Gasteiger partial charge in [-0.05, 0) is 71.8 Å². The molecule has 0 aliphatic heterocycles. The Morgan fingerprint density at radius 2 is 0.559 bits per heavy atom. The smallest absolute Gasteiger partial charge is 0.164 e. The van der Waals surface area contributed by atoms with Crippen molar-refractivity contribution in [3.63, 3.8) is 0 Å². The molecule has 13 rings (SSSR count). The van der Waals surface area contributed by atoms with Crippen LogP contribution in [0.2, 0.25) is 0 Å². The maximum Gasteiger partial charge on any atom is 0.164 e. The molecule has 0 atom stereocenters. The highest BCUT2D eigenvalue weighted by molar-refractivity contribution is 6.10. The molecule has 0 amide bonds. The van der Waals surface area contributed by atoms with Crippen LogP contribution >= 0.6 is 0 Å². The molecule has 0 aliphatic carbocycles. The minimum absolute atomic E-state index is 0.503. The van der Waals surface area contributed by atoms with Crippen molar-refractivity contribution < 1.29 is 0 Å². The zero-order valence-corrected chi connectivity index (χ0v) is 36.5. The quantitative estimate of drug-likeness (QED) is 0.151. The maximum atomic E-state index is 5.38. The fourth-order valence-corrected chi connectivity index (χ4v) is 9.43. The second kappa shape index (κ2) is 16.2. The highest BCUT2D eigenvalue weighted by atomic mass is 15.1. The fourth-order valence-electron chi connectivity index (χ4n) is 9.43. The number of fused-ring (bicyclic) bond motifs is 6. The number of benzene rings is 7. The molecule has 0 fully saturated rings. The van der Waals surface area contributed by atoms with Crippen molar-refractivity contribution in [3.8, 4) is 79.7 Å². The molecule has 8 nitrogen and oxygen atoms in total. The first-order chi connectivity index (χ1) is 33.7. The summed E-state index contributed by atoms with van der Waals surface area (Å²) in [5.74, 6) is 3.20. The van der Waals surface area contributed by atoms with Crippen molar-refractivity contribution in [2.45, 2.75) is 0 Å². The summed E-state index contributed by atoms with van der Waals surface area (Å²) in [7, 11) is 0. The third kappa shape index (κ3) is 6.78. The first-order valence-corrected chi connectivity index (χ1v) is 22.6. The van der Waals surface area contributed by atoms with Crippen molar-refractivity contribution in [3.05, 3.63) is 231 Å². The largest absolute Gasteiger partial charge is 0.294 e. The van der Waals surface area contributed by atoms with Crippen molar-refractivity contribution >= 4 is 43.6 Å². The van der Waals surface area contributed by atoms with Crippen LogP contribution in [0.4, 0.5) is 0 Å². The van der Waals surface area contributed by atoms with Crippen molar-refractivity contribution in [1.82, 2.24) is 39.0 Å². The van der Waals surface area contributed by atoms with Crippen LogP contribution in [0.3, 0.4) is 0 Å². The molecule has 318 valence electrons. The standard InChI is InChI=1S/C60H38N8/c1-3-17-39(18-4-1)40-33-35-42(36-34-40)59-64-58(41-19-5-2-6-20-41)65-60(66-59)43-37-50(48-25-15-31-56(62-48)67-52-27-11-7-21-44(52)45-22-8-12-28-53(45)67)61-51(38-43)49-26-16-32-57(63-49)68-54-29-13-9-23-46(54)47-24-10-14-30-55(47)68/h1-38H. The Morgan fingerprint density at radius 3 is 1.00 bits per heavy atom. The number of rotatable bonds is 8. The van der Waals surface area contributed by atoms with Gasteiger partial charge in [-0.15, -0.1) is 0 Å². The molecule has 0 saturated carbocycles. The number of pyridine rings is 3. The van der Waals surface area contributed by atoms with Gasteiger partial charge in [-0.3, -0.25) is 9.13 Å². The molecule has 8 heteroatoms. The Morgan fingerprint density at radius 1 is 0.221 bits per heavy atom. The topological polar surface area (TPSA) is 87.2 Å². The second-order valence-electron chi connectivity index (χ2n) is 16.7. The molecule has 6 aromatic heterocycles. The monoisotopic (exact) mass is 870 g/mol.